The van der Waals surface area contributed by atoms with Crippen molar-refractivity contribution in [3.63, 3.8) is 0 Å². The number of hydrogen-bond donors (Lipinski definition) is 2. The average molecular weight is 264 g/mol. The topological polar surface area (TPSA) is 54.2 Å². The van der Waals surface area contributed by atoms with E-state index in [0.717, 1.165) is 37.1 Å². The summed E-state index contributed by atoms with van der Waals surface area (Å²) in [5.41, 5.74) is 6.49. The number of likely N-dealkylation sites (N-methyl/N-ethyl adjacent to an activating group) is 1. The zero-order valence-corrected chi connectivity index (χ0v) is 11.5. The summed E-state index contributed by atoms with van der Waals surface area (Å²) in [6.07, 6.45) is 4.44. The Morgan fingerprint density at radius 2 is 2.39 bits per heavy atom. The molecule has 18 heavy (non-hydrogen) atoms. The standard InChI is InChI=1S/C13H20N4S/c1-2-17(10-5-6-10)9-8-16-13-11(12(14)18)4-3-7-15-13/h3-4,7,10H,2,5-6,8-9H2,1H3,(H2,14,18)(H,15,16). The molecule has 0 bridgehead atoms. The van der Waals surface area contributed by atoms with Gasteiger partial charge in [0.1, 0.15) is 10.8 Å². The van der Waals surface area contributed by atoms with Gasteiger partial charge < -0.3 is 11.1 Å². The minimum absolute atomic E-state index is 0.389. The molecule has 0 saturated heterocycles. The summed E-state index contributed by atoms with van der Waals surface area (Å²) < 4.78 is 0. The third kappa shape index (κ3) is 3.40. The van der Waals surface area contributed by atoms with Crippen LogP contribution in [0.2, 0.25) is 0 Å². The maximum atomic E-state index is 5.67. The van der Waals surface area contributed by atoms with E-state index in [-0.39, 0.29) is 0 Å². The Labute approximate surface area is 114 Å². The Morgan fingerprint density at radius 3 is 3.00 bits per heavy atom. The third-order valence-electron chi connectivity index (χ3n) is 3.23. The van der Waals surface area contributed by atoms with Crippen LogP contribution < -0.4 is 11.1 Å². The van der Waals surface area contributed by atoms with E-state index in [9.17, 15) is 0 Å². The molecular weight excluding hydrogens is 244 g/mol. The van der Waals surface area contributed by atoms with Crippen molar-refractivity contribution < 1.29 is 0 Å². The van der Waals surface area contributed by atoms with E-state index >= 15 is 0 Å². The maximum Gasteiger partial charge on any atom is 0.136 e. The second-order valence-corrected chi connectivity index (χ2v) is 4.99. The van der Waals surface area contributed by atoms with Gasteiger partial charge in [-0.15, -0.1) is 0 Å². The molecule has 1 aromatic heterocycles. The summed E-state index contributed by atoms with van der Waals surface area (Å²) in [7, 11) is 0. The van der Waals surface area contributed by atoms with Gasteiger partial charge in [-0.1, -0.05) is 19.1 Å². The molecule has 3 N–H and O–H groups in total. The molecule has 5 heteroatoms. The van der Waals surface area contributed by atoms with E-state index in [1.807, 2.05) is 12.1 Å². The zero-order valence-electron chi connectivity index (χ0n) is 10.7. The molecule has 0 amide bonds. The van der Waals surface area contributed by atoms with Crippen molar-refractivity contribution in [2.24, 2.45) is 5.73 Å². The molecule has 0 unspecified atom stereocenters. The number of rotatable bonds is 7. The first-order valence-corrected chi connectivity index (χ1v) is 6.86. The van der Waals surface area contributed by atoms with Crippen LogP contribution in [0.1, 0.15) is 25.3 Å². The van der Waals surface area contributed by atoms with Crippen LogP contribution in [-0.4, -0.2) is 40.5 Å². The summed E-state index contributed by atoms with van der Waals surface area (Å²) in [4.78, 5) is 7.17. The Balaban J connectivity index is 1.87. The minimum atomic E-state index is 0.389. The number of anilines is 1. The summed E-state index contributed by atoms with van der Waals surface area (Å²) in [6, 6.07) is 4.55. The van der Waals surface area contributed by atoms with Crippen molar-refractivity contribution in [3.05, 3.63) is 23.9 Å². The molecule has 1 aliphatic carbocycles. The highest BCUT2D eigenvalue weighted by Gasteiger charge is 2.27. The summed E-state index contributed by atoms with van der Waals surface area (Å²) in [5.74, 6) is 0.789. The summed E-state index contributed by atoms with van der Waals surface area (Å²) in [5, 5.41) is 3.32. The second kappa shape index (κ2) is 6.11. The predicted molar refractivity (Wildman–Crippen MR) is 78.9 cm³/mol. The van der Waals surface area contributed by atoms with Crippen molar-refractivity contribution in [1.29, 1.82) is 0 Å². The third-order valence-corrected chi connectivity index (χ3v) is 3.45. The number of pyridine rings is 1. The average Bonchev–Trinajstić information content (AvgIpc) is 3.19. The number of nitrogens with one attached hydrogen (secondary N) is 1. The Morgan fingerprint density at radius 1 is 1.61 bits per heavy atom. The van der Waals surface area contributed by atoms with Gasteiger partial charge in [-0.05, 0) is 31.5 Å². The largest absolute Gasteiger partial charge is 0.389 e. The smallest absolute Gasteiger partial charge is 0.136 e. The zero-order chi connectivity index (χ0) is 13.0. The Hall–Kier alpha value is -1.20. The lowest BCUT2D eigenvalue weighted by molar-refractivity contribution is 0.289. The normalized spacial score (nSPS) is 14.8. The van der Waals surface area contributed by atoms with Crippen molar-refractivity contribution in [2.75, 3.05) is 25.0 Å². The molecule has 98 valence electrons. The van der Waals surface area contributed by atoms with Gasteiger partial charge in [-0.25, -0.2) is 4.98 Å². The lowest BCUT2D eigenvalue weighted by Crippen LogP contribution is -2.31. The maximum absolute atomic E-state index is 5.67. The van der Waals surface area contributed by atoms with Crippen LogP contribution in [0.3, 0.4) is 0 Å². The monoisotopic (exact) mass is 264 g/mol. The minimum Gasteiger partial charge on any atom is -0.389 e. The van der Waals surface area contributed by atoms with E-state index < -0.39 is 0 Å². The molecule has 1 heterocycles. The Kier molecular flexibility index (Phi) is 4.49. The number of hydrogen-bond acceptors (Lipinski definition) is 4. The van der Waals surface area contributed by atoms with Crippen LogP contribution in [0.15, 0.2) is 18.3 Å². The number of nitrogens with zero attached hydrogens (tertiary/aromatic N) is 2. The highest BCUT2D eigenvalue weighted by atomic mass is 32.1. The van der Waals surface area contributed by atoms with Gasteiger partial charge in [0.2, 0.25) is 0 Å². The van der Waals surface area contributed by atoms with Crippen molar-refractivity contribution in [3.8, 4) is 0 Å². The number of nitrogens with two attached hydrogens (primary N) is 1. The fourth-order valence-corrected chi connectivity index (χ4v) is 2.27. The molecule has 0 aromatic carbocycles. The molecule has 0 radical (unpaired) electrons. The van der Waals surface area contributed by atoms with Crippen molar-refractivity contribution >= 4 is 23.0 Å². The van der Waals surface area contributed by atoms with Gasteiger partial charge in [-0.3, -0.25) is 4.90 Å². The molecule has 0 spiro atoms. The van der Waals surface area contributed by atoms with Gasteiger partial charge in [0.15, 0.2) is 0 Å². The SMILES string of the molecule is CCN(CCNc1ncccc1C(N)=S)C1CC1. The first-order chi connectivity index (χ1) is 8.72. The first-order valence-electron chi connectivity index (χ1n) is 6.45. The fraction of sp³-hybridized carbons (Fsp3) is 0.538. The summed E-state index contributed by atoms with van der Waals surface area (Å²) >= 11 is 5.01. The van der Waals surface area contributed by atoms with Crippen LogP contribution in [0.5, 0.6) is 0 Å². The van der Waals surface area contributed by atoms with Gasteiger partial charge in [0, 0.05) is 25.3 Å². The fourth-order valence-electron chi connectivity index (χ4n) is 2.10. The van der Waals surface area contributed by atoms with E-state index in [0.29, 0.717) is 4.99 Å². The number of aromatic nitrogens is 1. The highest BCUT2D eigenvalue weighted by molar-refractivity contribution is 7.80. The molecule has 4 nitrogen and oxygen atoms in total. The molecule has 2 rings (SSSR count). The summed E-state index contributed by atoms with van der Waals surface area (Å²) in [6.45, 7) is 5.22. The molecule has 0 aliphatic heterocycles. The first kappa shape index (κ1) is 13.2. The molecule has 1 aromatic rings. The van der Waals surface area contributed by atoms with Gasteiger partial charge in [0.25, 0.3) is 0 Å². The molecule has 1 fully saturated rings. The molecular formula is C13H20N4S. The lowest BCUT2D eigenvalue weighted by atomic mass is 10.2. The van der Waals surface area contributed by atoms with E-state index in [4.69, 9.17) is 18.0 Å². The van der Waals surface area contributed by atoms with Crippen LogP contribution in [0, 0.1) is 0 Å². The Bertz CT molecular complexity index is 417. The van der Waals surface area contributed by atoms with Crippen LogP contribution in [-0.2, 0) is 0 Å². The molecule has 0 atom stereocenters. The van der Waals surface area contributed by atoms with E-state index in [1.54, 1.807) is 6.20 Å². The van der Waals surface area contributed by atoms with Gasteiger partial charge >= 0.3 is 0 Å². The molecule has 1 saturated carbocycles. The van der Waals surface area contributed by atoms with Crippen LogP contribution >= 0.6 is 12.2 Å². The quantitative estimate of drug-likeness (QED) is 0.733. The highest BCUT2D eigenvalue weighted by Crippen LogP contribution is 2.26. The molecule has 1 aliphatic rings. The lowest BCUT2D eigenvalue weighted by Gasteiger charge is -2.20. The van der Waals surface area contributed by atoms with Crippen molar-refractivity contribution in [2.45, 2.75) is 25.8 Å². The van der Waals surface area contributed by atoms with Crippen LogP contribution in [0.25, 0.3) is 0 Å². The van der Waals surface area contributed by atoms with Crippen LogP contribution in [0.4, 0.5) is 5.82 Å². The number of thiocarbonyl (C=S) groups is 1. The van der Waals surface area contributed by atoms with Gasteiger partial charge in [-0.2, -0.15) is 0 Å². The predicted octanol–water partition coefficient (Wildman–Crippen LogP) is 1.61. The second-order valence-electron chi connectivity index (χ2n) is 4.55. The van der Waals surface area contributed by atoms with E-state index in [1.165, 1.54) is 12.8 Å². The van der Waals surface area contributed by atoms with E-state index in [2.05, 4.69) is 22.1 Å². The van der Waals surface area contributed by atoms with Gasteiger partial charge in [0.05, 0.1) is 5.56 Å². The van der Waals surface area contributed by atoms with Crippen molar-refractivity contribution in [1.82, 2.24) is 9.88 Å².